The van der Waals surface area contributed by atoms with Gasteiger partial charge in [0.15, 0.2) is 0 Å². The second-order valence-corrected chi connectivity index (χ2v) is 7.50. The third kappa shape index (κ3) is 1.98. The molecule has 0 fully saturated rings. The Balaban J connectivity index is 1.86. The number of thiazole rings is 1. The van der Waals surface area contributed by atoms with Crippen LogP contribution >= 0.6 is 11.3 Å². The van der Waals surface area contributed by atoms with Crippen LogP contribution in [-0.2, 0) is 24.8 Å². The molecular formula is C18H22N2S. The Kier molecular flexibility index (Phi) is 3.16. The van der Waals surface area contributed by atoms with Crippen molar-refractivity contribution in [2.45, 2.75) is 51.0 Å². The standard InChI is InChI=1S/C18H22N2S/c1-12-7-8-13-9-10-18(19-2,14(13)11-12)17-20-15-5-3-4-6-16(15)21-17/h7-8,11,19H,3-6,9-10H2,1-2H3. The molecule has 0 spiro atoms. The fraction of sp³-hybridized carbons (Fsp3) is 0.500. The van der Waals surface area contributed by atoms with E-state index >= 15 is 0 Å². The van der Waals surface area contributed by atoms with Gasteiger partial charge in [0.05, 0.1) is 11.2 Å². The van der Waals surface area contributed by atoms with Crippen LogP contribution in [0.1, 0.15) is 51.5 Å². The predicted molar refractivity (Wildman–Crippen MR) is 88.1 cm³/mol. The van der Waals surface area contributed by atoms with Crippen molar-refractivity contribution in [1.29, 1.82) is 0 Å². The van der Waals surface area contributed by atoms with E-state index in [0.717, 1.165) is 12.8 Å². The second-order valence-electron chi connectivity index (χ2n) is 6.41. The lowest BCUT2D eigenvalue weighted by atomic mass is 9.91. The van der Waals surface area contributed by atoms with Gasteiger partial charge in [-0.15, -0.1) is 11.3 Å². The highest BCUT2D eigenvalue weighted by Gasteiger charge is 2.42. The molecule has 2 aliphatic carbocycles. The second kappa shape index (κ2) is 4.92. The smallest absolute Gasteiger partial charge is 0.118 e. The maximum atomic E-state index is 5.06. The summed E-state index contributed by atoms with van der Waals surface area (Å²) in [6.45, 7) is 2.19. The summed E-state index contributed by atoms with van der Waals surface area (Å²) in [5.74, 6) is 0. The van der Waals surface area contributed by atoms with Crippen molar-refractivity contribution in [1.82, 2.24) is 10.3 Å². The van der Waals surface area contributed by atoms with Gasteiger partial charge in [-0.3, -0.25) is 0 Å². The number of hydrogen-bond donors (Lipinski definition) is 1. The maximum Gasteiger partial charge on any atom is 0.118 e. The minimum Gasteiger partial charge on any atom is -0.305 e. The first-order chi connectivity index (χ1) is 10.2. The minimum absolute atomic E-state index is 0.0522. The summed E-state index contributed by atoms with van der Waals surface area (Å²) in [6, 6.07) is 6.90. The number of rotatable bonds is 2. The van der Waals surface area contributed by atoms with Crippen molar-refractivity contribution >= 4 is 11.3 Å². The molecule has 4 rings (SSSR count). The summed E-state index contributed by atoms with van der Waals surface area (Å²) in [4.78, 5) is 6.59. The number of nitrogens with zero attached hydrogens (tertiary/aromatic N) is 1. The summed E-state index contributed by atoms with van der Waals surface area (Å²) in [5.41, 5.74) is 5.61. The van der Waals surface area contributed by atoms with E-state index in [4.69, 9.17) is 4.98 Å². The van der Waals surface area contributed by atoms with E-state index in [0.29, 0.717) is 0 Å². The third-order valence-electron chi connectivity index (χ3n) is 5.13. The van der Waals surface area contributed by atoms with Crippen LogP contribution in [0.25, 0.3) is 0 Å². The van der Waals surface area contributed by atoms with E-state index < -0.39 is 0 Å². The molecule has 110 valence electrons. The molecule has 2 nitrogen and oxygen atoms in total. The molecule has 21 heavy (non-hydrogen) atoms. The Hall–Kier alpha value is -1.19. The lowest BCUT2D eigenvalue weighted by Crippen LogP contribution is -2.39. The number of aryl methyl sites for hydroxylation is 4. The van der Waals surface area contributed by atoms with Gasteiger partial charge in [-0.05, 0) is 63.6 Å². The summed E-state index contributed by atoms with van der Waals surface area (Å²) >= 11 is 1.95. The summed E-state index contributed by atoms with van der Waals surface area (Å²) in [6.07, 6.45) is 7.32. The van der Waals surface area contributed by atoms with E-state index in [9.17, 15) is 0 Å². The van der Waals surface area contributed by atoms with Crippen LogP contribution < -0.4 is 5.32 Å². The molecule has 1 heterocycles. The molecule has 0 radical (unpaired) electrons. The topological polar surface area (TPSA) is 24.9 Å². The zero-order valence-electron chi connectivity index (χ0n) is 12.8. The maximum absolute atomic E-state index is 5.06. The van der Waals surface area contributed by atoms with E-state index in [1.54, 1.807) is 0 Å². The monoisotopic (exact) mass is 298 g/mol. The number of nitrogens with one attached hydrogen (secondary N) is 1. The van der Waals surface area contributed by atoms with Gasteiger partial charge >= 0.3 is 0 Å². The van der Waals surface area contributed by atoms with Gasteiger partial charge in [-0.25, -0.2) is 4.98 Å². The lowest BCUT2D eigenvalue weighted by Gasteiger charge is -2.28. The van der Waals surface area contributed by atoms with Crippen LogP contribution in [-0.4, -0.2) is 12.0 Å². The van der Waals surface area contributed by atoms with Gasteiger partial charge in [0.25, 0.3) is 0 Å². The number of aromatic nitrogens is 1. The molecule has 1 aromatic carbocycles. The average Bonchev–Trinajstić information content (AvgIpc) is 3.08. The highest BCUT2D eigenvalue weighted by Crippen LogP contribution is 2.45. The first-order valence-corrected chi connectivity index (χ1v) is 8.82. The molecule has 3 heteroatoms. The molecule has 1 atom stereocenters. The van der Waals surface area contributed by atoms with E-state index in [2.05, 4.69) is 37.5 Å². The van der Waals surface area contributed by atoms with Crippen LogP contribution in [0.5, 0.6) is 0 Å². The Labute approximate surface area is 130 Å². The van der Waals surface area contributed by atoms with Gasteiger partial charge in [0.1, 0.15) is 5.01 Å². The summed E-state index contributed by atoms with van der Waals surface area (Å²) in [7, 11) is 2.10. The minimum atomic E-state index is -0.0522. The molecule has 1 aromatic heterocycles. The Morgan fingerprint density at radius 3 is 2.86 bits per heavy atom. The van der Waals surface area contributed by atoms with E-state index in [1.165, 1.54) is 58.0 Å². The molecule has 0 amide bonds. The van der Waals surface area contributed by atoms with Gasteiger partial charge in [-0.1, -0.05) is 23.8 Å². The van der Waals surface area contributed by atoms with Crippen molar-refractivity contribution in [3.05, 3.63) is 50.5 Å². The molecule has 2 aromatic rings. The largest absolute Gasteiger partial charge is 0.305 e. The molecule has 1 unspecified atom stereocenters. The zero-order valence-corrected chi connectivity index (χ0v) is 13.6. The van der Waals surface area contributed by atoms with E-state index in [1.807, 2.05) is 11.3 Å². The molecule has 0 aliphatic heterocycles. The summed E-state index contributed by atoms with van der Waals surface area (Å²) in [5, 5.41) is 4.93. The van der Waals surface area contributed by atoms with Crippen LogP contribution in [0.4, 0.5) is 0 Å². The van der Waals surface area contributed by atoms with Gasteiger partial charge in [0.2, 0.25) is 0 Å². The molecular weight excluding hydrogens is 276 g/mol. The number of hydrogen-bond acceptors (Lipinski definition) is 3. The first kappa shape index (κ1) is 13.5. The average molecular weight is 298 g/mol. The van der Waals surface area contributed by atoms with Crippen LogP contribution in [0.3, 0.4) is 0 Å². The SMILES string of the molecule is CNC1(c2nc3c(s2)CCCC3)CCc2ccc(C)cc21. The van der Waals surface area contributed by atoms with Crippen LogP contribution in [0.2, 0.25) is 0 Å². The van der Waals surface area contributed by atoms with Crippen molar-refractivity contribution in [3.63, 3.8) is 0 Å². The zero-order chi connectivity index (χ0) is 14.4. The van der Waals surface area contributed by atoms with Gasteiger partial charge in [0, 0.05) is 4.88 Å². The third-order valence-corrected chi connectivity index (χ3v) is 6.45. The van der Waals surface area contributed by atoms with E-state index in [-0.39, 0.29) is 5.54 Å². The Morgan fingerprint density at radius 2 is 2.05 bits per heavy atom. The van der Waals surface area contributed by atoms with Gasteiger partial charge < -0.3 is 5.32 Å². The normalized spacial score (nSPS) is 23.9. The van der Waals surface area contributed by atoms with Crippen molar-refractivity contribution in [3.8, 4) is 0 Å². The number of benzene rings is 1. The van der Waals surface area contributed by atoms with Crippen LogP contribution in [0, 0.1) is 6.92 Å². The predicted octanol–water partition coefficient (Wildman–Crippen LogP) is 3.74. The highest BCUT2D eigenvalue weighted by atomic mass is 32.1. The highest BCUT2D eigenvalue weighted by molar-refractivity contribution is 7.12. The summed E-state index contributed by atoms with van der Waals surface area (Å²) < 4.78 is 0. The van der Waals surface area contributed by atoms with Crippen molar-refractivity contribution in [2.24, 2.45) is 0 Å². The molecule has 0 bridgehead atoms. The molecule has 2 aliphatic rings. The first-order valence-electron chi connectivity index (χ1n) is 8.01. The van der Waals surface area contributed by atoms with Crippen molar-refractivity contribution in [2.75, 3.05) is 7.05 Å². The van der Waals surface area contributed by atoms with Gasteiger partial charge in [-0.2, -0.15) is 0 Å². The fourth-order valence-electron chi connectivity index (χ4n) is 3.89. The fourth-order valence-corrected chi connectivity index (χ4v) is 5.28. The molecule has 0 saturated heterocycles. The van der Waals surface area contributed by atoms with Crippen molar-refractivity contribution < 1.29 is 0 Å². The lowest BCUT2D eigenvalue weighted by molar-refractivity contribution is 0.433. The number of fused-ring (bicyclic) bond motifs is 2. The Morgan fingerprint density at radius 1 is 1.19 bits per heavy atom. The van der Waals surface area contributed by atoms with Crippen LogP contribution in [0.15, 0.2) is 18.2 Å². The molecule has 1 N–H and O–H groups in total. The molecule has 0 saturated carbocycles. The quantitative estimate of drug-likeness (QED) is 0.913. The Bertz CT molecular complexity index is 665.